The van der Waals surface area contributed by atoms with Crippen molar-refractivity contribution < 1.29 is 9.18 Å². The van der Waals surface area contributed by atoms with Gasteiger partial charge in [-0.05, 0) is 12.1 Å². The second kappa shape index (κ2) is 5.38. The largest absolute Gasteiger partial charge is 0.308 e. The second-order valence-electron chi connectivity index (χ2n) is 4.33. The number of aldehydes is 1. The summed E-state index contributed by atoms with van der Waals surface area (Å²) in [6, 6.07) is 3.20. The van der Waals surface area contributed by atoms with Crippen LogP contribution in [0.15, 0.2) is 34.7 Å². The van der Waals surface area contributed by atoms with Gasteiger partial charge in [0.1, 0.15) is 6.29 Å². The molecule has 21 heavy (non-hydrogen) atoms. The Morgan fingerprint density at radius 1 is 1.48 bits per heavy atom. The highest BCUT2D eigenvalue weighted by Crippen LogP contribution is 2.32. The summed E-state index contributed by atoms with van der Waals surface area (Å²) in [5.74, 6) is -0.752. The van der Waals surface area contributed by atoms with Gasteiger partial charge in [-0.1, -0.05) is 11.6 Å². The first kappa shape index (κ1) is 13.9. The van der Waals surface area contributed by atoms with Crippen LogP contribution in [0, 0.1) is 5.95 Å². The first-order chi connectivity index (χ1) is 10.1. The van der Waals surface area contributed by atoms with Gasteiger partial charge >= 0.3 is 0 Å². The van der Waals surface area contributed by atoms with Gasteiger partial charge in [0.15, 0.2) is 0 Å². The minimum Gasteiger partial charge on any atom is -0.308 e. The van der Waals surface area contributed by atoms with E-state index in [-0.39, 0.29) is 17.1 Å². The SMILES string of the molecule is O=CCn1ccc2scc(-c3cnc(F)c(Cl)c3)c2c1=O. The van der Waals surface area contributed by atoms with Crippen molar-refractivity contribution in [2.24, 2.45) is 0 Å². The molecule has 0 aromatic carbocycles. The molecule has 0 radical (unpaired) electrons. The monoisotopic (exact) mass is 322 g/mol. The lowest BCUT2D eigenvalue weighted by Gasteiger charge is -2.03. The fourth-order valence-electron chi connectivity index (χ4n) is 2.09. The number of pyridine rings is 2. The number of hydrogen-bond donors (Lipinski definition) is 0. The summed E-state index contributed by atoms with van der Waals surface area (Å²) in [7, 11) is 0. The van der Waals surface area contributed by atoms with Crippen LogP contribution >= 0.6 is 22.9 Å². The molecule has 0 spiro atoms. The summed E-state index contributed by atoms with van der Waals surface area (Å²) < 4.78 is 15.3. The van der Waals surface area contributed by atoms with E-state index in [9.17, 15) is 14.0 Å². The number of fused-ring (bicyclic) bond motifs is 1. The highest BCUT2D eigenvalue weighted by atomic mass is 35.5. The van der Waals surface area contributed by atoms with Crippen molar-refractivity contribution in [2.45, 2.75) is 6.54 Å². The Kier molecular flexibility index (Phi) is 3.57. The number of rotatable bonds is 3. The van der Waals surface area contributed by atoms with Crippen LogP contribution in [0.5, 0.6) is 0 Å². The summed E-state index contributed by atoms with van der Waals surface area (Å²) in [5.41, 5.74) is 0.930. The lowest BCUT2D eigenvalue weighted by molar-refractivity contribution is -0.108. The van der Waals surface area contributed by atoms with Crippen molar-refractivity contribution in [1.82, 2.24) is 9.55 Å². The Morgan fingerprint density at radius 2 is 2.29 bits per heavy atom. The van der Waals surface area contributed by atoms with E-state index in [2.05, 4.69) is 4.98 Å². The van der Waals surface area contributed by atoms with Gasteiger partial charge in [0.25, 0.3) is 5.56 Å². The second-order valence-corrected chi connectivity index (χ2v) is 5.64. The average Bonchev–Trinajstić information content (AvgIpc) is 2.90. The van der Waals surface area contributed by atoms with Crippen LogP contribution in [0.2, 0.25) is 5.02 Å². The van der Waals surface area contributed by atoms with E-state index < -0.39 is 5.95 Å². The summed E-state index contributed by atoms with van der Waals surface area (Å²) >= 11 is 7.13. The lowest BCUT2D eigenvalue weighted by atomic mass is 10.1. The van der Waals surface area contributed by atoms with Crippen molar-refractivity contribution >= 4 is 39.3 Å². The molecule has 3 rings (SSSR count). The maximum Gasteiger partial charge on any atom is 0.260 e. The van der Waals surface area contributed by atoms with Crippen molar-refractivity contribution in [3.63, 3.8) is 0 Å². The van der Waals surface area contributed by atoms with Gasteiger partial charge in [-0.2, -0.15) is 4.39 Å². The number of carbonyl (C=O) groups excluding carboxylic acids is 1. The third-order valence-corrected chi connectivity index (χ3v) is 4.29. The van der Waals surface area contributed by atoms with E-state index >= 15 is 0 Å². The molecule has 7 heteroatoms. The molecule has 3 heterocycles. The average molecular weight is 323 g/mol. The van der Waals surface area contributed by atoms with Crippen molar-refractivity contribution in [1.29, 1.82) is 0 Å². The van der Waals surface area contributed by atoms with Crippen LogP contribution < -0.4 is 5.56 Å². The molecule has 0 saturated heterocycles. The molecule has 0 saturated carbocycles. The molecule has 0 amide bonds. The molecule has 0 bridgehead atoms. The van der Waals surface area contributed by atoms with Gasteiger partial charge < -0.3 is 9.36 Å². The van der Waals surface area contributed by atoms with Crippen LogP contribution in [0.4, 0.5) is 4.39 Å². The zero-order valence-electron chi connectivity index (χ0n) is 10.5. The highest BCUT2D eigenvalue weighted by Gasteiger charge is 2.13. The first-order valence-electron chi connectivity index (χ1n) is 5.97. The molecule has 0 aliphatic heterocycles. The highest BCUT2D eigenvalue weighted by molar-refractivity contribution is 7.17. The Balaban J connectivity index is 2.27. The minimum absolute atomic E-state index is 0.00746. The molecule has 0 aliphatic carbocycles. The molecule has 3 aromatic heterocycles. The van der Waals surface area contributed by atoms with Gasteiger partial charge in [-0.25, -0.2) is 4.98 Å². The zero-order valence-corrected chi connectivity index (χ0v) is 12.1. The van der Waals surface area contributed by atoms with Gasteiger partial charge in [0, 0.05) is 33.6 Å². The maximum absolute atomic E-state index is 13.2. The van der Waals surface area contributed by atoms with Crippen molar-refractivity contribution in [2.75, 3.05) is 0 Å². The number of nitrogens with zero attached hydrogens (tertiary/aromatic N) is 2. The number of aromatic nitrogens is 2. The minimum atomic E-state index is -0.752. The van der Waals surface area contributed by atoms with E-state index in [1.165, 1.54) is 28.2 Å². The van der Waals surface area contributed by atoms with Crippen LogP contribution in [0.25, 0.3) is 21.2 Å². The Labute approximate surface area is 127 Å². The van der Waals surface area contributed by atoms with E-state index in [1.807, 2.05) is 0 Å². The zero-order chi connectivity index (χ0) is 15.0. The number of thiophene rings is 1. The molecular weight excluding hydrogens is 315 g/mol. The molecule has 3 aromatic rings. The first-order valence-corrected chi connectivity index (χ1v) is 7.23. The predicted molar refractivity (Wildman–Crippen MR) is 80.3 cm³/mol. The molecule has 0 atom stereocenters. The van der Waals surface area contributed by atoms with E-state index in [4.69, 9.17) is 11.6 Å². The summed E-state index contributed by atoms with van der Waals surface area (Å²) in [5, 5.41) is 2.17. The number of halogens is 2. The molecule has 0 N–H and O–H groups in total. The molecule has 0 aliphatic rings. The van der Waals surface area contributed by atoms with Crippen LogP contribution in [0.3, 0.4) is 0 Å². The molecule has 106 valence electrons. The normalized spacial score (nSPS) is 11.0. The number of carbonyl (C=O) groups is 1. The third kappa shape index (κ3) is 2.36. The van der Waals surface area contributed by atoms with E-state index in [0.29, 0.717) is 22.8 Å². The van der Waals surface area contributed by atoms with E-state index in [0.717, 1.165) is 4.70 Å². The van der Waals surface area contributed by atoms with Gasteiger partial charge in [-0.3, -0.25) is 4.79 Å². The summed E-state index contributed by atoms with van der Waals surface area (Å²) in [6.45, 7) is -0.00746. The van der Waals surface area contributed by atoms with Crippen molar-refractivity contribution in [3.8, 4) is 11.1 Å². The van der Waals surface area contributed by atoms with Crippen LogP contribution in [-0.2, 0) is 11.3 Å². The van der Waals surface area contributed by atoms with Gasteiger partial charge in [-0.15, -0.1) is 11.3 Å². The lowest BCUT2D eigenvalue weighted by Crippen LogP contribution is -2.19. The molecule has 0 fully saturated rings. The Bertz CT molecular complexity index is 904. The molecule has 0 unspecified atom stereocenters. The topological polar surface area (TPSA) is 52.0 Å². The Morgan fingerprint density at radius 3 is 3.00 bits per heavy atom. The number of hydrogen-bond acceptors (Lipinski definition) is 4. The predicted octanol–water partition coefficient (Wildman–Crippen LogP) is 3.12. The molecular formula is C14H8ClFN2O2S. The van der Waals surface area contributed by atoms with E-state index in [1.54, 1.807) is 17.6 Å². The van der Waals surface area contributed by atoms with Gasteiger partial charge in [0.2, 0.25) is 5.95 Å². The smallest absolute Gasteiger partial charge is 0.260 e. The quantitative estimate of drug-likeness (QED) is 0.550. The summed E-state index contributed by atoms with van der Waals surface area (Å²) in [6.07, 6.45) is 3.57. The van der Waals surface area contributed by atoms with Crippen LogP contribution in [-0.4, -0.2) is 15.8 Å². The fourth-order valence-corrected chi connectivity index (χ4v) is 3.21. The third-order valence-electron chi connectivity index (χ3n) is 3.08. The Hall–Kier alpha value is -2.05. The van der Waals surface area contributed by atoms with Crippen LogP contribution in [0.1, 0.15) is 0 Å². The van der Waals surface area contributed by atoms with Crippen molar-refractivity contribution in [3.05, 3.63) is 51.2 Å². The standard InChI is InChI=1S/C14H8ClFN2O2S/c15-10-5-8(6-17-13(10)16)9-7-21-11-1-2-18(3-4-19)14(20)12(9)11/h1-2,4-7H,3H2. The summed E-state index contributed by atoms with van der Waals surface area (Å²) in [4.78, 5) is 26.6. The molecule has 4 nitrogen and oxygen atoms in total. The maximum atomic E-state index is 13.2. The van der Waals surface area contributed by atoms with Gasteiger partial charge in [0.05, 0.1) is 17.0 Å². The fraction of sp³-hybridized carbons (Fsp3) is 0.0714.